The van der Waals surface area contributed by atoms with Crippen LogP contribution >= 0.6 is 11.3 Å². The quantitative estimate of drug-likeness (QED) is 0.714. The van der Waals surface area contributed by atoms with Gasteiger partial charge in [0.15, 0.2) is 0 Å². The fourth-order valence-electron chi connectivity index (χ4n) is 3.12. The monoisotopic (exact) mass is 438 g/mol. The first-order chi connectivity index (χ1) is 14.3. The van der Waals surface area contributed by atoms with Gasteiger partial charge < -0.3 is 19.7 Å². The maximum absolute atomic E-state index is 14.0. The van der Waals surface area contributed by atoms with Crippen LogP contribution in [-0.4, -0.2) is 42.6 Å². The Morgan fingerprint density at radius 2 is 1.90 bits per heavy atom. The van der Waals surface area contributed by atoms with Gasteiger partial charge in [0.1, 0.15) is 16.6 Å². The lowest BCUT2D eigenvalue weighted by molar-refractivity contribution is 0.0526. The number of halogens is 2. The van der Waals surface area contributed by atoms with Crippen molar-refractivity contribution >= 4 is 34.3 Å². The highest BCUT2D eigenvalue weighted by molar-refractivity contribution is 7.17. The van der Waals surface area contributed by atoms with Crippen molar-refractivity contribution in [3.63, 3.8) is 0 Å². The summed E-state index contributed by atoms with van der Waals surface area (Å²) in [5.74, 6) is -3.17. The summed E-state index contributed by atoms with van der Waals surface area (Å²) in [4.78, 5) is 39.3. The number of ether oxygens (including phenoxy) is 2. The molecular weight excluding hydrogens is 418 g/mol. The number of rotatable bonds is 5. The summed E-state index contributed by atoms with van der Waals surface area (Å²) < 4.78 is 37.6. The summed E-state index contributed by atoms with van der Waals surface area (Å²) in [6.45, 7) is 4.26. The van der Waals surface area contributed by atoms with E-state index in [-0.39, 0.29) is 30.3 Å². The van der Waals surface area contributed by atoms with Gasteiger partial charge >= 0.3 is 12.1 Å². The van der Waals surface area contributed by atoms with E-state index >= 15 is 0 Å². The van der Waals surface area contributed by atoms with Crippen molar-refractivity contribution < 1.29 is 32.6 Å². The van der Waals surface area contributed by atoms with Crippen LogP contribution in [0.4, 0.5) is 18.6 Å². The Kier molecular flexibility index (Phi) is 6.66. The molecule has 7 nitrogen and oxygen atoms in total. The van der Waals surface area contributed by atoms with Gasteiger partial charge in [0.05, 0.1) is 30.9 Å². The molecule has 2 amide bonds. The number of fused-ring (bicyclic) bond motifs is 1. The maximum Gasteiger partial charge on any atom is 0.410 e. The number of esters is 1. The number of hydrogen-bond donors (Lipinski definition) is 1. The second kappa shape index (κ2) is 9.21. The highest BCUT2D eigenvalue weighted by Crippen LogP contribution is 2.38. The number of carbonyl (C=O) groups is 3. The first-order valence-electron chi connectivity index (χ1n) is 9.35. The second-order valence-corrected chi connectivity index (χ2v) is 7.48. The van der Waals surface area contributed by atoms with E-state index in [0.29, 0.717) is 23.4 Å². The van der Waals surface area contributed by atoms with E-state index < -0.39 is 35.2 Å². The van der Waals surface area contributed by atoms with E-state index in [1.54, 1.807) is 13.8 Å². The molecule has 0 fully saturated rings. The van der Waals surface area contributed by atoms with Gasteiger partial charge in [-0.1, -0.05) is 0 Å². The van der Waals surface area contributed by atoms with Gasteiger partial charge in [0.2, 0.25) is 0 Å². The molecule has 0 saturated carbocycles. The van der Waals surface area contributed by atoms with Crippen LogP contribution in [-0.2, 0) is 22.4 Å². The Morgan fingerprint density at radius 1 is 1.17 bits per heavy atom. The molecule has 0 saturated heterocycles. The Labute approximate surface area is 175 Å². The molecule has 10 heteroatoms. The van der Waals surface area contributed by atoms with Gasteiger partial charge in [-0.15, -0.1) is 11.3 Å². The second-order valence-electron chi connectivity index (χ2n) is 6.38. The predicted octanol–water partition coefficient (Wildman–Crippen LogP) is 3.97. The molecular formula is C20H20F2N2O5S. The summed E-state index contributed by atoms with van der Waals surface area (Å²) in [5, 5.41) is 2.66. The Bertz CT molecular complexity index is 992. The molecule has 0 spiro atoms. The molecule has 0 unspecified atom stereocenters. The fourth-order valence-corrected chi connectivity index (χ4v) is 4.37. The summed E-state index contributed by atoms with van der Waals surface area (Å²) in [5.41, 5.74) is 0.351. The highest BCUT2D eigenvalue weighted by Gasteiger charge is 2.31. The van der Waals surface area contributed by atoms with Crippen molar-refractivity contribution in [2.45, 2.75) is 26.8 Å². The zero-order valence-corrected chi connectivity index (χ0v) is 17.2. The molecule has 3 rings (SSSR count). The minimum Gasteiger partial charge on any atom is -0.462 e. The zero-order valence-electron chi connectivity index (χ0n) is 16.4. The highest BCUT2D eigenvalue weighted by atomic mass is 32.1. The Balaban J connectivity index is 1.94. The molecule has 1 aromatic carbocycles. The lowest BCUT2D eigenvalue weighted by atomic mass is 10.0. The molecule has 0 bridgehead atoms. The molecule has 0 aliphatic carbocycles. The number of thiophene rings is 1. The number of anilines is 1. The predicted molar refractivity (Wildman–Crippen MR) is 106 cm³/mol. The Morgan fingerprint density at radius 3 is 2.60 bits per heavy atom. The molecule has 1 aliphatic rings. The molecule has 1 N–H and O–H groups in total. The molecule has 2 aromatic rings. The van der Waals surface area contributed by atoms with Crippen molar-refractivity contribution in [2.24, 2.45) is 0 Å². The van der Waals surface area contributed by atoms with Crippen LogP contribution in [0.3, 0.4) is 0 Å². The van der Waals surface area contributed by atoms with Crippen LogP contribution in [0.5, 0.6) is 0 Å². The summed E-state index contributed by atoms with van der Waals surface area (Å²) in [6.07, 6.45) is -0.107. The maximum atomic E-state index is 14.0. The van der Waals surface area contributed by atoms with E-state index in [1.165, 1.54) is 4.90 Å². The first kappa shape index (κ1) is 21.7. The van der Waals surface area contributed by atoms with Crippen LogP contribution in [0.1, 0.15) is 45.0 Å². The smallest absolute Gasteiger partial charge is 0.410 e. The van der Waals surface area contributed by atoms with Crippen molar-refractivity contribution in [2.75, 3.05) is 25.1 Å². The third-order valence-corrected chi connectivity index (χ3v) is 5.59. The fraction of sp³-hybridized carbons (Fsp3) is 0.350. The number of nitrogens with one attached hydrogen (secondary N) is 1. The minimum absolute atomic E-state index is 0.129. The summed E-state index contributed by atoms with van der Waals surface area (Å²) in [6, 6.07) is 2.54. The van der Waals surface area contributed by atoms with E-state index in [0.717, 1.165) is 29.5 Å². The number of amides is 2. The minimum atomic E-state index is -0.890. The van der Waals surface area contributed by atoms with E-state index in [4.69, 9.17) is 9.47 Å². The van der Waals surface area contributed by atoms with Crippen LogP contribution in [0.15, 0.2) is 18.2 Å². The van der Waals surface area contributed by atoms with Gasteiger partial charge in [-0.25, -0.2) is 18.4 Å². The van der Waals surface area contributed by atoms with Crippen LogP contribution in [0.2, 0.25) is 0 Å². The average Bonchev–Trinajstić information content (AvgIpc) is 3.07. The van der Waals surface area contributed by atoms with Crippen molar-refractivity contribution in [3.05, 3.63) is 51.4 Å². The van der Waals surface area contributed by atoms with Gasteiger partial charge in [0, 0.05) is 11.4 Å². The molecule has 160 valence electrons. The van der Waals surface area contributed by atoms with Crippen LogP contribution < -0.4 is 5.32 Å². The Hall–Kier alpha value is -3.01. The van der Waals surface area contributed by atoms with E-state index in [1.807, 2.05) is 0 Å². The van der Waals surface area contributed by atoms with Gasteiger partial charge in [-0.2, -0.15) is 0 Å². The third-order valence-electron chi connectivity index (χ3n) is 4.46. The largest absolute Gasteiger partial charge is 0.462 e. The molecule has 1 aromatic heterocycles. The normalized spacial score (nSPS) is 12.9. The van der Waals surface area contributed by atoms with E-state index in [2.05, 4.69) is 5.32 Å². The number of hydrogen-bond acceptors (Lipinski definition) is 6. The molecule has 0 atom stereocenters. The number of carbonyl (C=O) groups excluding carboxylic acids is 3. The van der Waals surface area contributed by atoms with Gasteiger partial charge in [-0.05, 0) is 44.0 Å². The first-order valence-corrected chi connectivity index (χ1v) is 10.2. The topological polar surface area (TPSA) is 84.9 Å². The van der Waals surface area contributed by atoms with Gasteiger partial charge in [0.25, 0.3) is 5.91 Å². The standard InChI is InChI=1S/C20H20F2N2O5S/c1-3-28-19(26)16-12-7-8-24(20(27)29-4-2)10-15(12)30-18(16)23-17(25)13-9-11(21)5-6-14(13)22/h5-6,9H,3-4,7-8,10H2,1-2H3,(H,23,25). The number of nitrogens with zero attached hydrogens (tertiary/aromatic N) is 1. The van der Waals surface area contributed by atoms with E-state index in [9.17, 15) is 23.2 Å². The SMILES string of the molecule is CCOC(=O)c1c(NC(=O)c2cc(F)ccc2F)sc2c1CCN(C(=O)OCC)C2. The van der Waals surface area contributed by atoms with Crippen LogP contribution in [0, 0.1) is 11.6 Å². The lowest BCUT2D eigenvalue weighted by Gasteiger charge is -2.26. The third kappa shape index (κ3) is 4.43. The van der Waals surface area contributed by atoms with Crippen molar-refractivity contribution in [3.8, 4) is 0 Å². The van der Waals surface area contributed by atoms with Crippen LogP contribution in [0.25, 0.3) is 0 Å². The average molecular weight is 438 g/mol. The lowest BCUT2D eigenvalue weighted by Crippen LogP contribution is -2.36. The summed E-state index contributed by atoms with van der Waals surface area (Å²) >= 11 is 1.09. The van der Waals surface area contributed by atoms with Gasteiger partial charge in [-0.3, -0.25) is 4.79 Å². The molecule has 2 heterocycles. The molecule has 1 aliphatic heterocycles. The molecule has 30 heavy (non-hydrogen) atoms. The molecule has 0 radical (unpaired) electrons. The van der Waals surface area contributed by atoms with Crippen molar-refractivity contribution in [1.29, 1.82) is 0 Å². The number of benzene rings is 1. The zero-order chi connectivity index (χ0) is 21.8. The summed E-state index contributed by atoms with van der Waals surface area (Å²) in [7, 11) is 0. The van der Waals surface area contributed by atoms with Crippen molar-refractivity contribution in [1.82, 2.24) is 4.90 Å².